The molecule has 0 atom stereocenters. The molecule has 0 fully saturated rings. The lowest BCUT2D eigenvalue weighted by molar-refractivity contribution is -0.118. The monoisotopic (exact) mass is 481 g/mol. The minimum absolute atomic E-state index is 0.0540. The average Bonchev–Trinajstić information content (AvgIpc) is 2.80. The molecule has 0 radical (unpaired) electrons. The highest BCUT2D eigenvalue weighted by atomic mass is 35.5. The third-order valence-corrected chi connectivity index (χ3v) is 5.01. The Labute approximate surface area is 199 Å². The number of phenolic OH excluding ortho intramolecular Hbond substituents is 1. The van der Waals surface area contributed by atoms with Gasteiger partial charge in [-0.25, -0.2) is 0 Å². The summed E-state index contributed by atoms with van der Waals surface area (Å²) >= 11 is 11.8. The quantitative estimate of drug-likeness (QED) is 0.242. The van der Waals surface area contributed by atoms with Crippen molar-refractivity contribution in [3.05, 3.63) is 87.9 Å². The number of rotatable bonds is 7. The van der Waals surface area contributed by atoms with Gasteiger partial charge in [-0.2, -0.15) is 5.26 Å². The van der Waals surface area contributed by atoms with Gasteiger partial charge < -0.3 is 20.5 Å². The summed E-state index contributed by atoms with van der Waals surface area (Å²) in [6.45, 7) is -0.313. The first kappa shape index (κ1) is 23.7. The first-order chi connectivity index (χ1) is 15.9. The fraction of sp³-hybridized carbons (Fsp3) is 0.0417. The molecule has 166 valence electrons. The smallest absolute Gasteiger partial charge is 0.266 e. The molecule has 3 rings (SSSR count). The molecule has 0 saturated carbocycles. The highest BCUT2D eigenvalue weighted by Crippen LogP contribution is 2.25. The predicted octanol–water partition coefficient (Wildman–Crippen LogP) is 5.26. The van der Waals surface area contributed by atoms with Crippen LogP contribution in [0.4, 0.5) is 11.4 Å². The number of aromatic hydroxyl groups is 1. The number of halogens is 2. The van der Waals surface area contributed by atoms with Crippen molar-refractivity contribution in [1.82, 2.24) is 0 Å². The maximum atomic E-state index is 12.5. The SMILES string of the molecule is N#C/C(=C\c1ccccc1OCC(=O)Nc1ccc(Cl)c(Cl)c1)C(=O)Nc1ccc(O)cc1. The molecule has 0 spiro atoms. The number of carbonyl (C=O) groups is 2. The Bertz CT molecular complexity index is 1250. The summed E-state index contributed by atoms with van der Waals surface area (Å²) in [7, 11) is 0. The number of phenols is 1. The molecule has 0 aliphatic carbocycles. The van der Waals surface area contributed by atoms with E-state index in [-0.39, 0.29) is 17.9 Å². The first-order valence-corrected chi connectivity index (χ1v) is 10.3. The van der Waals surface area contributed by atoms with Crippen molar-refractivity contribution in [2.75, 3.05) is 17.2 Å². The maximum Gasteiger partial charge on any atom is 0.266 e. The second kappa shape index (κ2) is 11.0. The second-order valence-corrected chi connectivity index (χ2v) is 7.49. The third-order valence-electron chi connectivity index (χ3n) is 4.27. The number of hydrogen-bond donors (Lipinski definition) is 3. The fourth-order valence-electron chi connectivity index (χ4n) is 2.69. The summed E-state index contributed by atoms with van der Waals surface area (Å²) in [5, 5.41) is 24.7. The number of nitrogens with one attached hydrogen (secondary N) is 2. The molecule has 0 unspecified atom stereocenters. The Balaban J connectivity index is 1.69. The summed E-state index contributed by atoms with van der Waals surface area (Å²) < 4.78 is 5.60. The van der Waals surface area contributed by atoms with E-state index in [0.717, 1.165) is 0 Å². The Morgan fingerprint density at radius 2 is 1.67 bits per heavy atom. The van der Waals surface area contributed by atoms with Crippen molar-refractivity contribution in [3.8, 4) is 17.6 Å². The molecule has 3 aromatic carbocycles. The Morgan fingerprint density at radius 3 is 2.36 bits per heavy atom. The molecule has 0 heterocycles. The molecule has 0 aromatic heterocycles. The fourth-order valence-corrected chi connectivity index (χ4v) is 2.99. The molecule has 3 N–H and O–H groups in total. The van der Waals surface area contributed by atoms with E-state index >= 15 is 0 Å². The highest BCUT2D eigenvalue weighted by molar-refractivity contribution is 6.42. The number of carbonyl (C=O) groups excluding carboxylic acids is 2. The molecule has 2 amide bonds. The molecule has 0 aliphatic rings. The van der Waals surface area contributed by atoms with Gasteiger partial charge in [0.1, 0.15) is 23.1 Å². The molecular formula is C24H17Cl2N3O4. The predicted molar refractivity (Wildman–Crippen MR) is 127 cm³/mol. The van der Waals surface area contributed by atoms with Crippen LogP contribution in [0, 0.1) is 11.3 Å². The van der Waals surface area contributed by atoms with Crippen LogP contribution in [-0.4, -0.2) is 23.5 Å². The van der Waals surface area contributed by atoms with Crippen LogP contribution in [-0.2, 0) is 9.59 Å². The van der Waals surface area contributed by atoms with E-state index < -0.39 is 11.8 Å². The normalized spacial score (nSPS) is 10.8. The van der Waals surface area contributed by atoms with Crippen molar-refractivity contribution in [2.45, 2.75) is 0 Å². The lowest BCUT2D eigenvalue weighted by atomic mass is 10.1. The van der Waals surface area contributed by atoms with Crippen molar-refractivity contribution < 1.29 is 19.4 Å². The molecule has 0 bridgehead atoms. The zero-order chi connectivity index (χ0) is 23.8. The van der Waals surface area contributed by atoms with Crippen molar-refractivity contribution in [1.29, 1.82) is 5.26 Å². The van der Waals surface area contributed by atoms with Crippen LogP contribution in [0.25, 0.3) is 6.08 Å². The number of hydrogen-bond acceptors (Lipinski definition) is 5. The summed E-state index contributed by atoms with van der Waals surface area (Å²) in [6.07, 6.45) is 1.36. The van der Waals surface area contributed by atoms with Crippen LogP contribution in [0.1, 0.15) is 5.56 Å². The van der Waals surface area contributed by atoms with Crippen LogP contribution in [0.3, 0.4) is 0 Å². The van der Waals surface area contributed by atoms with Crippen molar-refractivity contribution >= 4 is 52.5 Å². The third kappa shape index (κ3) is 6.74. The summed E-state index contributed by atoms with van der Waals surface area (Å²) in [5.74, 6) is -0.696. The molecule has 9 heteroatoms. The molecular weight excluding hydrogens is 465 g/mol. The Kier molecular flexibility index (Phi) is 7.92. The van der Waals surface area contributed by atoms with Gasteiger partial charge in [0.2, 0.25) is 0 Å². The van der Waals surface area contributed by atoms with Crippen molar-refractivity contribution in [2.24, 2.45) is 0 Å². The van der Waals surface area contributed by atoms with Gasteiger partial charge in [-0.1, -0.05) is 41.4 Å². The largest absolute Gasteiger partial charge is 0.508 e. The molecule has 33 heavy (non-hydrogen) atoms. The van der Waals surface area contributed by atoms with E-state index in [0.29, 0.717) is 32.7 Å². The van der Waals surface area contributed by atoms with E-state index in [1.807, 2.05) is 6.07 Å². The van der Waals surface area contributed by atoms with Crippen LogP contribution in [0.15, 0.2) is 72.3 Å². The van der Waals surface area contributed by atoms with Gasteiger partial charge in [0, 0.05) is 16.9 Å². The zero-order valence-electron chi connectivity index (χ0n) is 17.0. The van der Waals surface area contributed by atoms with Gasteiger partial charge in [-0.15, -0.1) is 0 Å². The zero-order valence-corrected chi connectivity index (χ0v) is 18.5. The standard InChI is InChI=1S/C24H17Cl2N3O4/c25-20-10-7-18(12-21(20)26)28-23(31)14-33-22-4-2-1-3-15(22)11-16(13-27)24(32)29-17-5-8-19(30)9-6-17/h1-12,30H,14H2,(H,28,31)(H,29,32)/b16-11+. The van der Waals surface area contributed by atoms with Crippen molar-refractivity contribution in [3.63, 3.8) is 0 Å². The second-order valence-electron chi connectivity index (χ2n) is 6.67. The highest BCUT2D eigenvalue weighted by Gasteiger charge is 2.12. The molecule has 7 nitrogen and oxygen atoms in total. The topological polar surface area (TPSA) is 111 Å². The maximum absolute atomic E-state index is 12.5. The molecule has 3 aromatic rings. The van der Waals surface area contributed by atoms with E-state index in [1.165, 1.54) is 36.4 Å². The number of benzene rings is 3. The lowest BCUT2D eigenvalue weighted by Gasteiger charge is -2.11. The lowest BCUT2D eigenvalue weighted by Crippen LogP contribution is -2.20. The van der Waals surface area contributed by atoms with Crippen LogP contribution in [0.2, 0.25) is 10.0 Å². The van der Waals surface area contributed by atoms with Gasteiger partial charge in [0.15, 0.2) is 6.61 Å². The molecule has 0 saturated heterocycles. The minimum Gasteiger partial charge on any atom is -0.508 e. The van der Waals surface area contributed by atoms with Gasteiger partial charge in [0.25, 0.3) is 11.8 Å². The number of amides is 2. The minimum atomic E-state index is -0.629. The Hall–Kier alpha value is -3.99. The summed E-state index contributed by atoms with van der Waals surface area (Å²) in [6, 6.07) is 19.1. The van der Waals surface area contributed by atoms with Crippen LogP contribution < -0.4 is 15.4 Å². The number of para-hydroxylation sites is 1. The Morgan fingerprint density at radius 1 is 0.970 bits per heavy atom. The van der Waals surface area contributed by atoms with E-state index in [9.17, 15) is 20.0 Å². The van der Waals surface area contributed by atoms with Gasteiger partial charge in [0.05, 0.1) is 10.0 Å². The van der Waals surface area contributed by atoms with Gasteiger partial charge in [-0.05, 0) is 54.6 Å². The average molecular weight is 482 g/mol. The first-order valence-electron chi connectivity index (χ1n) is 9.54. The summed E-state index contributed by atoms with van der Waals surface area (Å²) in [5.41, 5.74) is 1.16. The number of anilines is 2. The van der Waals surface area contributed by atoms with Gasteiger partial charge >= 0.3 is 0 Å². The number of nitrogens with zero attached hydrogens (tertiary/aromatic N) is 1. The van der Waals surface area contributed by atoms with E-state index in [4.69, 9.17) is 27.9 Å². The number of nitriles is 1. The number of ether oxygens (including phenoxy) is 1. The van der Waals surface area contributed by atoms with Gasteiger partial charge in [-0.3, -0.25) is 9.59 Å². The summed E-state index contributed by atoms with van der Waals surface area (Å²) in [4.78, 5) is 24.7. The van der Waals surface area contributed by atoms with Crippen LogP contribution >= 0.6 is 23.2 Å². The van der Waals surface area contributed by atoms with E-state index in [1.54, 1.807) is 36.4 Å². The molecule has 0 aliphatic heterocycles. The van der Waals surface area contributed by atoms with E-state index in [2.05, 4.69) is 10.6 Å². The van der Waals surface area contributed by atoms with Crippen LogP contribution in [0.5, 0.6) is 11.5 Å².